The quantitative estimate of drug-likeness (QED) is 0.797. The average molecular weight is 335 g/mol. The van der Waals surface area contributed by atoms with Crippen molar-refractivity contribution in [1.29, 1.82) is 0 Å². The minimum atomic E-state index is -0.227. The van der Waals surface area contributed by atoms with E-state index in [1.807, 2.05) is 47.8 Å². The Kier molecular flexibility index (Phi) is 3.87. The Balaban J connectivity index is 1.82. The molecule has 4 rings (SSSR count). The summed E-state index contributed by atoms with van der Waals surface area (Å²) in [5.74, 6) is 0.617. The highest BCUT2D eigenvalue weighted by Crippen LogP contribution is 2.28. The van der Waals surface area contributed by atoms with Gasteiger partial charge in [-0.15, -0.1) is 0 Å². The molecule has 1 aliphatic heterocycles. The molecule has 6 nitrogen and oxygen atoms in total. The molecule has 0 bridgehead atoms. The van der Waals surface area contributed by atoms with E-state index in [9.17, 15) is 4.79 Å². The number of carbonyl (C=O) groups is 1. The summed E-state index contributed by atoms with van der Waals surface area (Å²) >= 11 is 0. The fourth-order valence-electron chi connectivity index (χ4n) is 3.47. The molecule has 0 radical (unpaired) electrons. The van der Waals surface area contributed by atoms with Gasteiger partial charge in [-0.05, 0) is 19.8 Å². The molecule has 6 heteroatoms. The van der Waals surface area contributed by atoms with Crippen LogP contribution in [0.1, 0.15) is 18.5 Å². The van der Waals surface area contributed by atoms with Gasteiger partial charge in [-0.1, -0.05) is 30.3 Å². The van der Waals surface area contributed by atoms with Crippen molar-refractivity contribution in [1.82, 2.24) is 14.6 Å². The number of benzene rings is 1. The van der Waals surface area contributed by atoms with Crippen LogP contribution in [-0.2, 0) is 4.79 Å². The maximum atomic E-state index is 11.6. The molecule has 1 atom stereocenters. The highest BCUT2D eigenvalue weighted by molar-refractivity contribution is 5.78. The maximum Gasteiger partial charge on any atom is 0.222 e. The normalized spacial score (nSPS) is 17.8. The zero-order valence-corrected chi connectivity index (χ0v) is 14.2. The van der Waals surface area contributed by atoms with Crippen molar-refractivity contribution in [2.75, 3.05) is 18.0 Å². The van der Waals surface area contributed by atoms with E-state index in [2.05, 4.69) is 16.1 Å². The molecule has 3 aromatic rings. The van der Waals surface area contributed by atoms with Gasteiger partial charge in [0.1, 0.15) is 5.82 Å². The molecule has 0 spiro atoms. The molecular weight excluding hydrogens is 314 g/mol. The summed E-state index contributed by atoms with van der Waals surface area (Å²) in [6, 6.07) is 14.1. The van der Waals surface area contributed by atoms with Crippen molar-refractivity contribution < 1.29 is 4.79 Å². The SMILES string of the molecule is Cc1cc2nc(-c3ccccc3)cc(N3CCC[C@H](C(N)=O)C3)n2n1. The highest BCUT2D eigenvalue weighted by Gasteiger charge is 2.26. The van der Waals surface area contributed by atoms with E-state index in [0.717, 1.165) is 47.8 Å². The number of hydrogen-bond donors (Lipinski definition) is 1. The topological polar surface area (TPSA) is 76.5 Å². The fourth-order valence-corrected chi connectivity index (χ4v) is 3.47. The second kappa shape index (κ2) is 6.20. The van der Waals surface area contributed by atoms with Gasteiger partial charge in [0.25, 0.3) is 0 Å². The Bertz CT molecular complexity index is 918. The van der Waals surface area contributed by atoms with Crippen LogP contribution in [0.5, 0.6) is 0 Å². The molecule has 1 saturated heterocycles. The molecule has 0 saturated carbocycles. The maximum absolute atomic E-state index is 11.6. The number of nitrogens with zero attached hydrogens (tertiary/aromatic N) is 4. The lowest BCUT2D eigenvalue weighted by atomic mass is 9.97. The zero-order chi connectivity index (χ0) is 17.4. The van der Waals surface area contributed by atoms with Crippen LogP contribution in [0.4, 0.5) is 5.82 Å². The van der Waals surface area contributed by atoms with Gasteiger partial charge in [0.05, 0.1) is 17.3 Å². The van der Waals surface area contributed by atoms with Crippen molar-refractivity contribution in [2.24, 2.45) is 11.7 Å². The molecule has 1 fully saturated rings. The third-order valence-corrected chi connectivity index (χ3v) is 4.75. The number of amides is 1. The summed E-state index contributed by atoms with van der Waals surface area (Å²) < 4.78 is 1.87. The first-order valence-corrected chi connectivity index (χ1v) is 8.59. The van der Waals surface area contributed by atoms with Crippen LogP contribution in [0.25, 0.3) is 16.9 Å². The van der Waals surface area contributed by atoms with Gasteiger partial charge in [0.15, 0.2) is 5.65 Å². The number of aromatic nitrogens is 3. The first-order valence-electron chi connectivity index (χ1n) is 8.59. The smallest absolute Gasteiger partial charge is 0.222 e. The van der Waals surface area contributed by atoms with Crippen LogP contribution in [0.3, 0.4) is 0 Å². The Hall–Kier alpha value is -2.89. The van der Waals surface area contributed by atoms with Crippen LogP contribution in [0.15, 0.2) is 42.5 Å². The van der Waals surface area contributed by atoms with Crippen molar-refractivity contribution in [3.05, 3.63) is 48.2 Å². The molecule has 3 heterocycles. The highest BCUT2D eigenvalue weighted by atomic mass is 16.1. The Morgan fingerprint density at radius 1 is 1.24 bits per heavy atom. The number of anilines is 1. The average Bonchev–Trinajstić information content (AvgIpc) is 3.01. The van der Waals surface area contributed by atoms with Crippen LogP contribution in [0, 0.1) is 12.8 Å². The standard InChI is InChI=1S/C19H21N5O/c1-13-10-17-21-16(14-6-3-2-4-7-14)11-18(24(17)22-13)23-9-5-8-15(12-23)19(20)25/h2-4,6-7,10-11,15H,5,8-9,12H2,1H3,(H2,20,25)/t15-/m0/s1. The first kappa shape index (κ1) is 15.6. The molecule has 128 valence electrons. The van der Waals surface area contributed by atoms with Crippen molar-refractivity contribution >= 4 is 17.4 Å². The second-order valence-electron chi connectivity index (χ2n) is 6.61. The summed E-state index contributed by atoms with van der Waals surface area (Å²) in [6.07, 6.45) is 1.79. The monoisotopic (exact) mass is 335 g/mol. The van der Waals surface area contributed by atoms with E-state index in [-0.39, 0.29) is 11.8 Å². The third kappa shape index (κ3) is 2.95. The Morgan fingerprint density at radius 3 is 2.80 bits per heavy atom. The summed E-state index contributed by atoms with van der Waals surface area (Å²) in [6.45, 7) is 3.47. The van der Waals surface area contributed by atoms with Crippen LogP contribution >= 0.6 is 0 Å². The number of aryl methyl sites for hydroxylation is 1. The predicted octanol–water partition coefficient (Wildman–Crippen LogP) is 2.41. The lowest BCUT2D eigenvalue weighted by molar-refractivity contribution is -0.122. The second-order valence-corrected chi connectivity index (χ2v) is 6.61. The molecule has 0 unspecified atom stereocenters. The lowest BCUT2D eigenvalue weighted by Crippen LogP contribution is -2.42. The van der Waals surface area contributed by atoms with Crippen LogP contribution in [-0.4, -0.2) is 33.6 Å². The Labute approximate surface area is 146 Å². The van der Waals surface area contributed by atoms with Gasteiger partial charge >= 0.3 is 0 Å². The van der Waals surface area contributed by atoms with E-state index < -0.39 is 0 Å². The van der Waals surface area contributed by atoms with Gasteiger partial charge in [0, 0.05) is 30.8 Å². The lowest BCUT2D eigenvalue weighted by Gasteiger charge is -2.33. The summed E-state index contributed by atoms with van der Waals surface area (Å²) in [7, 11) is 0. The van der Waals surface area contributed by atoms with Gasteiger partial charge in [-0.25, -0.2) is 4.98 Å². The molecule has 1 aliphatic rings. The Morgan fingerprint density at radius 2 is 2.04 bits per heavy atom. The van der Waals surface area contributed by atoms with E-state index >= 15 is 0 Å². The van der Waals surface area contributed by atoms with Crippen LogP contribution in [0.2, 0.25) is 0 Å². The predicted molar refractivity (Wildman–Crippen MR) is 97.3 cm³/mol. The molecular formula is C19H21N5O. The van der Waals surface area contributed by atoms with E-state index in [4.69, 9.17) is 10.7 Å². The largest absolute Gasteiger partial charge is 0.369 e. The molecule has 1 aromatic carbocycles. The number of carbonyl (C=O) groups excluding carboxylic acids is 1. The first-order chi connectivity index (χ1) is 12.1. The van der Waals surface area contributed by atoms with Gasteiger partial charge in [0.2, 0.25) is 5.91 Å². The third-order valence-electron chi connectivity index (χ3n) is 4.75. The van der Waals surface area contributed by atoms with Crippen LogP contribution < -0.4 is 10.6 Å². The summed E-state index contributed by atoms with van der Waals surface area (Å²) in [4.78, 5) is 18.6. The van der Waals surface area contributed by atoms with E-state index in [1.165, 1.54) is 0 Å². The summed E-state index contributed by atoms with van der Waals surface area (Å²) in [5, 5.41) is 4.59. The zero-order valence-electron chi connectivity index (χ0n) is 14.2. The fraction of sp³-hybridized carbons (Fsp3) is 0.316. The number of piperidine rings is 1. The number of hydrogen-bond acceptors (Lipinski definition) is 4. The number of nitrogens with two attached hydrogens (primary N) is 1. The van der Waals surface area contributed by atoms with Crippen molar-refractivity contribution in [3.63, 3.8) is 0 Å². The summed E-state index contributed by atoms with van der Waals surface area (Å²) in [5.41, 5.74) is 9.25. The van der Waals surface area contributed by atoms with Crippen molar-refractivity contribution in [2.45, 2.75) is 19.8 Å². The minimum Gasteiger partial charge on any atom is -0.369 e. The van der Waals surface area contributed by atoms with Gasteiger partial charge in [-0.2, -0.15) is 9.61 Å². The van der Waals surface area contributed by atoms with Crippen molar-refractivity contribution in [3.8, 4) is 11.3 Å². The van der Waals surface area contributed by atoms with Gasteiger partial charge in [-0.3, -0.25) is 4.79 Å². The number of rotatable bonds is 3. The molecule has 0 aliphatic carbocycles. The molecule has 2 N–H and O–H groups in total. The molecule has 1 amide bonds. The minimum absolute atomic E-state index is 0.117. The van der Waals surface area contributed by atoms with E-state index in [1.54, 1.807) is 0 Å². The molecule has 2 aromatic heterocycles. The number of primary amides is 1. The number of fused-ring (bicyclic) bond motifs is 1. The van der Waals surface area contributed by atoms with Gasteiger partial charge < -0.3 is 10.6 Å². The molecule has 25 heavy (non-hydrogen) atoms. The van der Waals surface area contributed by atoms with E-state index in [0.29, 0.717) is 6.54 Å².